The summed E-state index contributed by atoms with van der Waals surface area (Å²) >= 11 is 6.96. The summed E-state index contributed by atoms with van der Waals surface area (Å²) in [5.74, 6) is 0.0225. The number of fused-ring (bicyclic) bond motifs is 2. The minimum absolute atomic E-state index is 0.120. The van der Waals surface area contributed by atoms with Crippen molar-refractivity contribution in [2.45, 2.75) is 61.6 Å². The molecule has 0 aromatic carbocycles. The van der Waals surface area contributed by atoms with E-state index in [0.29, 0.717) is 23.1 Å². The lowest BCUT2D eigenvalue weighted by Gasteiger charge is -2.36. The molecule has 1 aromatic heterocycles. The van der Waals surface area contributed by atoms with Crippen molar-refractivity contribution in [1.29, 1.82) is 0 Å². The van der Waals surface area contributed by atoms with Crippen molar-refractivity contribution in [3.05, 3.63) is 16.5 Å². The summed E-state index contributed by atoms with van der Waals surface area (Å²) in [5, 5.41) is 0. The lowest BCUT2D eigenvalue weighted by molar-refractivity contribution is -0.118. The number of carbonyl (C=O) groups excluding carboxylic acids is 1. The normalized spacial score (nSPS) is 30.2. The highest BCUT2D eigenvalue weighted by Gasteiger charge is 2.50. The second-order valence-electron chi connectivity index (χ2n) is 7.03. The first-order chi connectivity index (χ1) is 11.3. The molecule has 8 heteroatoms. The second kappa shape index (κ2) is 6.94. The van der Waals surface area contributed by atoms with Gasteiger partial charge in [-0.15, -0.1) is 11.3 Å². The van der Waals surface area contributed by atoms with Crippen LogP contribution in [0.5, 0.6) is 0 Å². The number of nitrogens with one attached hydrogen (secondary N) is 1. The van der Waals surface area contributed by atoms with Crippen molar-refractivity contribution in [1.82, 2.24) is 4.72 Å². The Morgan fingerprint density at radius 2 is 2.12 bits per heavy atom. The summed E-state index contributed by atoms with van der Waals surface area (Å²) in [5.41, 5.74) is 5.20. The zero-order chi connectivity index (χ0) is 17.4. The summed E-state index contributed by atoms with van der Waals surface area (Å²) in [6, 6.07) is 3.03. The van der Waals surface area contributed by atoms with Gasteiger partial charge in [-0.25, -0.2) is 13.1 Å². The quantitative estimate of drug-likeness (QED) is 0.780. The Morgan fingerprint density at radius 3 is 2.79 bits per heavy atom. The molecule has 2 bridgehead atoms. The largest absolute Gasteiger partial charge is 0.370 e. The average Bonchev–Trinajstić information content (AvgIpc) is 3.01. The molecule has 0 radical (unpaired) electrons. The number of rotatable bonds is 6. The molecule has 2 saturated carbocycles. The predicted octanol–water partition coefficient (Wildman–Crippen LogP) is 3.28. The monoisotopic (exact) mass is 390 g/mol. The summed E-state index contributed by atoms with van der Waals surface area (Å²) in [6.07, 6.45) is 7.14. The van der Waals surface area contributed by atoms with Crippen LogP contribution in [0.25, 0.3) is 0 Å². The molecule has 1 amide bonds. The van der Waals surface area contributed by atoms with Crippen molar-refractivity contribution in [2.24, 2.45) is 17.1 Å². The zero-order valence-electron chi connectivity index (χ0n) is 13.5. The van der Waals surface area contributed by atoms with Crippen LogP contribution in [0.1, 0.15) is 51.4 Å². The van der Waals surface area contributed by atoms with Gasteiger partial charge in [0, 0.05) is 12.5 Å². The van der Waals surface area contributed by atoms with Crippen LogP contribution in [0.2, 0.25) is 4.34 Å². The van der Waals surface area contributed by atoms with Gasteiger partial charge in [0.25, 0.3) is 0 Å². The molecule has 1 heterocycles. The number of halogens is 1. The first-order valence-corrected chi connectivity index (χ1v) is 11.1. The molecule has 0 spiro atoms. The molecule has 3 rings (SSSR count). The Bertz CT molecular complexity index is 719. The van der Waals surface area contributed by atoms with Crippen LogP contribution >= 0.6 is 22.9 Å². The molecule has 1 aromatic rings. The molecule has 0 unspecified atom stereocenters. The number of nitrogens with two attached hydrogens (primary N) is 1. The molecule has 5 nitrogen and oxygen atoms in total. The fourth-order valence-corrected chi connectivity index (χ4v) is 7.34. The lowest BCUT2D eigenvalue weighted by Crippen LogP contribution is -2.47. The molecular formula is C16H23ClN2O3S2. The van der Waals surface area contributed by atoms with E-state index < -0.39 is 10.0 Å². The number of hydrogen-bond donors (Lipinski definition) is 2. The van der Waals surface area contributed by atoms with E-state index in [0.717, 1.165) is 49.9 Å². The standard InChI is InChI=1S/C16H23ClN2O3S2/c17-12-4-5-14(23-12)24(21,22)19-15-11-3-1-2-8-16(15,9-6-11)10-7-13(18)20/h4-5,11,15,19H,1-3,6-10H2,(H2,18,20)/t11-,15+,16+/m1/s1. The summed E-state index contributed by atoms with van der Waals surface area (Å²) in [4.78, 5) is 11.3. The van der Waals surface area contributed by atoms with Crippen LogP contribution in [0.4, 0.5) is 0 Å². The number of hydrogen-bond acceptors (Lipinski definition) is 4. The minimum atomic E-state index is -3.59. The fourth-order valence-electron chi connectivity index (χ4n) is 4.44. The van der Waals surface area contributed by atoms with Crippen molar-refractivity contribution in [3.8, 4) is 0 Å². The molecule has 0 aliphatic heterocycles. The molecule has 0 saturated heterocycles. The fraction of sp³-hybridized carbons (Fsp3) is 0.688. The van der Waals surface area contributed by atoms with Gasteiger partial charge < -0.3 is 5.73 Å². The smallest absolute Gasteiger partial charge is 0.250 e. The second-order valence-corrected chi connectivity index (χ2v) is 10.7. The molecule has 2 aliphatic rings. The number of sulfonamides is 1. The first kappa shape index (κ1) is 18.2. The van der Waals surface area contributed by atoms with E-state index in [1.807, 2.05) is 0 Å². The highest BCUT2D eigenvalue weighted by Crippen LogP contribution is 2.53. The summed E-state index contributed by atoms with van der Waals surface area (Å²) < 4.78 is 29.2. The number of amides is 1. The van der Waals surface area contributed by atoms with Gasteiger partial charge in [0.05, 0.1) is 4.34 Å². The van der Waals surface area contributed by atoms with E-state index in [-0.39, 0.29) is 21.6 Å². The molecule has 24 heavy (non-hydrogen) atoms. The number of primary amides is 1. The zero-order valence-corrected chi connectivity index (χ0v) is 15.9. The van der Waals surface area contributed by atoms with Crippen molar-refractivity contribution >= 4 is 38.9 Å². The van der Waals surface area contributed by atoms with Crippen molar-refractivity contribution in [3.63, 3.8) is 0 Å². The minimum Gasteiger partial charge on any atom is -0.370 e. The predicted molar refractivity (Wildman–Crippen MR) is 95.5 cm³/mol. The number of carbonyl (C=O) groups is 1. The van der Waals surface area contributed by atoms with Gasteiger partial charge in [-0.1, -0.05) is 24.4 Å². The third-order valence-electron chi connectivity index (χ3n) is 5.61. The third kappa shape index (κ3) is 3.64. The Labute approximate surface area is 152 Å². The molecular weight excluding hydrogens is 368 g/mol. The highest BCUT2D eigenvalue weighted by atomic mass is 35.5. The van der Waals surface area contributed by atoms with Crippen LogP contribution in [0.15, 0.2) is 16.3 Å². The van der Waals surface area contributed by atoms with E-state index in [1.54, 1.807) is 12.1 Å². The molecule has 2 fully saturated rings. The van der Waals surface area contributed by atoms with E-state index >= 15 is 0 Å². The van der Waals surface area contributed by atoms with Crippen LogP contribution in [0, 0.1) is 11.3 Å². The maximum Gasteiger partial charge on any atom is 0.250 e. The number of thiophene rings is 1. The van der Waals surface area contributed by atoms with Gasteiger partial charge in [-0.2, -0.15) is 0 Å². The van der Waals surface area contributed by atoms with Crippen LogP contribution in [0.3, 0.4) is 0 Å². The van der Waals surface area contributed by atoms with E-state index in [1.165, 1.54) is 0 Å². The van der Waals surface area contributed by atoms with E-state index in [2.05, 4.69) is 4.72 Å². The summed E-state index contributed by atoms with van der Waals surface area (Å²) in [7, 11) is -3.59. The molecule has 3 atom stereocenters. The van der Waals surface area contributed by atoms with E-state index in [4.69, 9.17) is 17.3 Å². The van der Waals surface area contributed by atoms with Crippen LogP contribution in [-0.2, 0) is 14.8 Å². The van der Waals surface area contributed by atoms with Gasteiger partial charge in [-0.3, -0.25) is 4.79 Å². The van der Waals surface area contributed by atoms with Gasteiger partial charge in [-0.05, 0) is 55.6 Å². The maximum atomic E-state index is 12.8. The van der Waals surface area contributed by atoms with Crippen LogP contribution in [-0.4, -0.2) is 20.4 Å². The third-order valence-corrected chi connectivity index (χ3v) is 8.77. The van der Waals surface area contributed by atoms with Crippen molar-refractivity contribution in [2.75, 3.05) is 0 Å². The molecule has 2 aliphatic carbocycles. The Kier molecular flexibility index (Phi) is 5.25. The first-order valence-electron chi connectivity index (χ1n) is 8.38. The lowest BCUT2D eigenvalue weighted by atomic mass is 9.75. The van der Waals surface area contributed by atoms with Gasteiger partial charge in [0.1, 0.15) is 4.21 Å². The Balaban J connectivity index is 1.86. The maximum absolute atomic E-state index is 12.8. The van der Waals surface area contributed by atoms with E-state index in [9.17, 15) is 13.2 Å². The molecule has 134 valence electrons. The Hall–Kier alpha value is -0.630. The average molecular weight is 391 g/mol. The van der Waals surface area contributed by atoms with Crippen molar-refractivity contribution < 1.29 is 13.2 Å². The summed E-state index contributed by atoms with van der Waals surface area (Å²) in [6.45, 7) is 0. The van der Waals surface area contributed by atoms with Crippen LogP contribution < -0.4 is 10.5 Å². The van der Waals surface area contributed by atoms with Gasteiger partial charge in [0.15, 0.2) is 0 Å². The van der Waals surface area contributed by atoms with Gasteiger partial charge in [0.2, 0.25) is 15.9 Å². The molecule has 3 N–H and O–H groups in total. The van der Waals surface area contributed by atoms with Gasteiger partial charge >= 0.3 is 0 Å². The Morgan fingerprint density at radius 1 is 1.33 bits per heavy atom. The SMILES string of the molecule is NC(=O)CC[C@]12CCCC[C@H](CC1)[C@@H]2NS(=O)(=O)c1ccc(Cl)s1. The topological polar surface area (TPSA) is 89.3 Å². The highest BCUT2D eigenvalue weighted by molar-refractivity contribution is 7.91.